The molecular weight excluding hydrogens is 262 g/mol. The summed E-state index contributed by atoms with van der Waals surface area (Å²) in [5.74, 6) is -0.139. The normalized spacial score (nSPS) is 17.7. The Hall–Kier alpha value is -1.36. The van der Waals surface area contributed by atoms with Crippen LogP contribution in [0.2, 0.25) is 0 Å². The average molecular weight is 280 g/mol. The third kappa shape index (κ3) is 2.97. The van der Waals surface area contributed by atoms with Crippen molar-refractivity contribution < 1.29 is 14.3 Å². The predicted octanol–water partition coefficient (Wildman–Crippen LogP) is 2.82. The van der Waals surface area contributed by atoms with Crippen LogP contribution in [-0.2, 0) is 22.4 Å². The van der Waals surface area contributed by atoms with Gasteiger partial charge in [0.05, 0.1) is 12.2 Å². The van der Waals surface area contributed by atoms with Crippen LogP contribution >= 0.6 is 11.3 Å². The van der Waals surface area contributed by atoms with Gasteiger partial charge in [0.1, 0.15) is 5.00 Å². The third-order valence-electron chi connectivity index (χ3n) is 3.24. The summed E-state index contributed by atoms with van der Waals surface area (Å²) < 4.78 is 5.10. The zero-order valence-corrected chi connectivity index (χ0v) is 12.1. The standard InChI is InChI=1S/C14H18NO3S/c1-4-18-14(17)12-10-6-5-8(2)7-11(10)19-13(12)15-9(3)16/h8H,3-7H2,1-2H3,(H,15,16). The van der Waals surface area contributed by atoms with Gasteiger partial charge in [-0.1, -0.05) is 6.92 Å². The molecule has 0 fully saturated rings. The van der Waals surface area contributed by atoms with Crippen molar-refractivity contribution in [2.45, 2.75) is 33.1 Å². The van der Waals surface area contributed by atoms with E-state index >= 15 is 0 Å². The molecule has 1 unspecified atom stereocenters. The van der Waals surface area contributed by atoms with Gasteiger partial charge in [-0.2, -0.15) is 0 Å². The molecule has 0 spiro atoms. The molecule has 1 heterocycles. The Balaban J connectivity index is 2.41. The molecule has 1 N–H and O–H groups in total. The molecule has 2 rings (SSSR count). The predicted molar refractivity (Wildman–Crippen MR) is 75.5 cm³/mol. The summed E-state index contributed by atoms with van der Waals surface area (Å²) in [6, 6.07) is 0. The molecule has 1 aliphatic rings. The van der Waals surface area contributed by atoms with Crippen LogP contribution < -0.4 is 5.32 Å². The van der Waals surface area contributed by atoms with Gasteiger partial charge in [0, 0.05) is 11.8 Å². The minimum absolute atomic E-state index is 0.331. The van der Waals surface area contributed by atoms with Gasteiger partial charge in [-0.25, -0.2) is 4.79 Å². The molecule has 0 saturated carbocycles. The van der Waals surface area contributed by atoms with Gasteiger partial charge in [-0.05, 0) is 37.7 Å². The fourth-order valence-corrected chi connectivity index (χ4v) is 3.80. The SMILES string of the molecule is [CH2]C(=O)Nc1sc2c(c1C(=O)OCC)CCC(C)C2. The molecular formula is C14H18NO3S. The number of amides is 1. The summed E-state index contributed by atoms with van der Waals surface area (Å²) in [4.78, 5) is 24.4. The number of carbonyl (C=O) groups excluding carboxylic acids is 2. The van der Waals surface area contributed by atoms with Crippen LogP contribution in [0, 0.1) is 12.8 Å². The van der Waals surface area contributed by atoms with Gasteiger partial charge >= 0.3 is 5.97 Å². The highest BCUT2D eigenvalue weighted by atomic mass is 32.1. The largest absolute Gasteiger partial charge is 0.462 e. The minimum atomic E-state index is -0.405. The van der Waals surface area contributed by atoms with Gasteiger partial charge in [-0.15, -0.1) is 11.3 Å². The van der Waals surface area contributed by atoms with Gasteiger partial charge in [0.25, 0.3) is 0 Å². The first-order chi connectivity index (χ1) is 9.02. The van der Waals surface area contributed by atoms with Crippen LogP contribution in [0.1, 0.15) is 41.1 Å². The van der Waals surface area contributed by atoms with Gasteiger partial charge in [0.15, 0.2) is 0 Å². The van der Waals surface area contributed by atoms with Crippen molar-refractivity contribution in [2.24, 2.45) is 5.92 Å². The molecule has 103 valence electrons. The zero-order chi connectivity index (χ0) is 14.0. The summed E-state index contributed by atoms with van der Waals surface area (Å²) in [6.07, 6.45) is 2.89. The molecule has 1 aliphatic carbocycles. The Morgan fingerprint density at radius 2 is 2.26 bits per heavy atom. The van der Waals surface area contributed by atoms with Gasteiger partial charge in [-0.3, -0.25) is 4.79 Å². The second-order valence-electron chi connectivity index (χ2n) is 4.82. The Morgan fingerprint density at radius 1 is 1.53 bits per heavy atom. The van der Waals surface area contributed by atoms with Crippen molar-refractivity contribution in [3.63, 3.8) is 0 Å². The summed E-state index contributed by atoms with van der Waals surface area (Å²) in [5.41, 5.74) is 1.58. The molecule has 0 aliphatic heterocycles. The first-order valence-corrected chi connectivity index (χ1v) is 7.29. The second-order valence-corrected chi connectivity index (χ2v) is 5.93. The molecule has 4 nitrogen and oxygen atoms in total. The van der Waals surface area contributed by atoms with E-state index in [0.717, 1.165) is 24.8 Å². The van der Waals surface area contributed by atoms with E-state index in [9.17, 15) is 9.59 Å². The maximum atomic E-state index is 12.1. The number of esters is 1. The highest BCUT2D eigenvalue weighted by Gasteiger charge is 2.28. The highest BCUT2D eigenvalue weighted by molar-refractivity contribution is 7.17. The molecule has 1 radical (unpaired) electrons. The molecule has 0 bridgehead atoms. The number of anilines is 1. The number of hydrogen-bond acceptors (Lipinski definition) is 4. The molecule has 1 aromatic heterocycles. The maximum Gasteiger partial charge on any atom is 0.341 e. The number of hydrogen-bond donors (Lipinski definition) is 1. The van der Waals surface area contributed by atoms with Gasteiger partial charge in [0.2, 0.25) is 5.91 Å². The van der Waals surface area contributed by atoms with E-state index in [4.69, 9.17) is 4.74 Å². The fourth-order valence-electron chi connectivity index (χ4n) is 2.38. The summed E-state index contributed by atoms with van der Waals surface area (Å²) in [7, 11) is 0. The smallest absolute Gasteiger partial charge is 0.341 e. The Labute approximate surface area is 117 Å². The first-order valence-electron chi connectivity index (χ1n) is 6.47. The zero-order valence-electron chi connectivity index (χ0n) is 11.2. The lowest BCUT2D eigenvalue weighted by molar-refractivity contribution is -0.112. The minimum Gasteiger partial charge on any atom is -0.462 e. The second kappa shape index (κ2) is 5.74. The molecule has 1 amide bonds. The van der Waals surface area contributed by atoms with E-state index in [2.05, 4.69) is 19.2 Å². The van der Waals surface area contributed by atoms with Gasteiger partial charge < -0.3 is 10.1 Å². The maximum absolute atomic E-state index is 12.1. The molecule has 1 aromatic rings. The summed E-state index contributed by atoms with van der Waals surface area (Å²) >= 11 is 1.48. The molecule has 0 aromatic carbocycles. The quantitative estimate of drug-likeness (QED) is 0.866. The topological polar surface area (TPSA) is 55.4 Å². The van der Waals surface area contributed by atoms with Crippen LogP contribution in [0.4, 0.5) is 5.00 Å². The van der Waals surface area contributed by atoms with Crippen LogP contribution in [0.25, 0.3) is 0 Å². The third-order valence-corrected chi connectivity index (χ3v) is 4.41. The monoisotopic (exact) mass is 280 g/mol. The lowest BCUT2D eigenvalue weighted by Gasteiger charge is -2.18. The van der Waals surface area contributed by atoms with Crippen molar-refractivity contribution in [1.29, 1.82) is 0 Å². The van der Waals surface area contributed by atoms with E-state index in [1.807, 2.05) is 0 Å². The Morgan fingerprint density at radius 3 is 2.89 bits per heavy atom. The number of rotatable bonds is 3. The highest BCUT2D eigenvalue weighted by Crippen LogP contribution is 2.39. The van der Waals surface area contributed by atoms with Crippen molar-refractivity contribution >= 4 is 28.2 Å². The number of ether oxygens (including phenoxy) is 1. The van der Waals surface area contributed by atoms with Crippen molar-refractivity contribution in [3.8, 4) is 0 Å². The molecule has 19 heavy (non-hydrogen) atoms. The Bertz CT molecular complexity index is 507. The van der Waals surface area contributed by atoms with E-state index in [-0.39, 0.29) is 5.97 Å². The average Bonchev–Trinajstić information content (AvgIpc) is 2.65. The van der Waals surface area contributed by atoms with Crippen molar-refractivity contribution in [3.05, 3.63) is 22.9 Å². The van der Waals surface area contributed by atoms with E-state index < -0.39 is 5.91 Å². The number of carbonyl (C=O) groups is 2. The first kappa shape index (κ1) is 14.1. The van der Waals surface area contributed by atoms with Crippen LogP contribution in [0.15, 0.2) is 0 Å². The van der Waals surface area contributed by atoms with Crippen LogP contribution in [0.3, 0.4) is 0 Å². The van der Waals surface area contributed by atoms with E-state index in [0.29, 0.717) is 23.1 Å². The number of fused-ring (bicyclic) bond motifs is 1. The summed E-state index contributed by atoms with van der Waals surface area (Å²) in [5, 5.41) is 3.23. The van der Waals surface area contributed by atoms with Crippen molar-refractivity contribution in [2.75, 3.05) is 11.9 Å². The van der Waals surface area contributed by atoms with E-state index in [1.54, 1.807) is 6.92 Å². The number of nitrogens with one attached hydrogen (secondary N) is 1. The van der Waals surface area contributed by atoms with Crippen LogP contribution in [-0.4, -0.2) is 18.5 Å². The molecule has 1 atom stereocenters. The van der Waals surface area contributed by atoms with Crippen molar-refractivity contribution in [1.82, 2.24) is 0 Å². The Kier molecular flexibility index (Phi) is 4.24. The van der Waals surface area contributed by atoms with Crippen LogP contribution in [0.5, 0.6) is 0 Å². The fraction of sp³-hybridized carbons (Fsp3) is 0.500. The summed E-state index contributed by atoms with van der Waals surface area (Å²) in [6.45, 7) is 7.61. The molecule has 0 saturated heterocycles. The van der Waals surface area contributed by atoms with E-state index in [1.165, 1.54) is 16.2 Å². The lowest BCUT2D eigenvalue weighted by Crippen LogP contribution is -2.15. The number of thiophene rings is 1. The molecule has 5 heteroatoms. The lowest BCUT2D eigenvalue weighted by atomic mass is 9.88.